The van der Waals surface area contributed by atoms with E-state index in [0.717, 1.165) is 12.3 Å². The first kappa shape index (κ1) is 26.6. The van der Waals surface area contributed by atoms with Crippen LogP contribution in [-0.2, 0) is 12.3 Å². The Labute approximate surface area is 229 Å². The molecule has 0 aliphatic heterocycles. The standard InChI is InChI=1S/C34H38P2S/c1-33(2,3)35(27-17-9-7-10-18-27)23-25-15-13-21-29-30-22-14-16-26(32(30)37-31(25)29)24-36(34(4,5)6)28-19-11-8-12-20-28/h7-22H,23-24H2,1-6H3/t35-,36-/m0/s1. The molecule has 2 atom stereocenters. The van der Waals surface area contributed by atoms with E-state index in [1.165, 1.54) is 41.9 Å². The number of hydrogen-bond acceptors (Lipinski definition) is 1. The van der Waals surface area contributed by atoms with Gasteiger partial charge in [0.2, 0.25) is 0 Å². The van der Waals surface area contributed by atoms with Crippen LogP contribution in [0.5, 0.6) is 0 Å². The molecule has 0 bridgehead atoms. The molecule has 0 amide bonds. The minimum atomic E-state index is -0.333. The molecule has 0 radical (unpaired) electrons. The van der Waals surface area contributed by atoms with Crippen molar-refractivity contribution in [1.29, 1.82) is 0 Å². The molecule has 37 heavy (non-hydrogen) atoms. The predicted molar refractivity (Wildman–Crippen MR) is 172 cm³/mol. The normalized spacial score (nSPS) is 14.2. The highest BCUT2D eigenvalue weighted by molar-refractivity contribution is 7.66. The molecule has 0 aliphatic rings. The molecule has 0 aliphatic carbocycles. The number of thiophene rings is 1. The van der Waals surface area contributed by atoms with Crippen LogP contribution < -0.4 is 10.6 Å². The van der Waals surface area contributed by atoms with Crippen molar-refractivity contribution in [3.05, 3.63) is 108 Å². The second-order valence-electron chi connectivity index (χ2n) is 11.9. The van der Waals surface area contributed by atoms with Gasteiger partial charge in [-0.1, -0.05) is 154 Å². The summed E-state index contributed by atoms with van der Waals surface area (Å²) in [6.07, 6.45) is 2.25. The third-order valence-electron chi connectivity index (χ3n) is 7.10. The molecular weight excluding hydrogens is 502 g/mol. The highest BCUT2D eigenvalue weighted by Crippen LogP contribution is 2.54. The summed E-state index contributed by atoms with van der Waals surface area (Å²) >= 11 is 2.03. The fourth-order valence-electron chi connectivity index (χ4n) is 5.17. The molecule has 0 unspecified atom stereocenters. The van der Waals surface area contributed by atoms with Gasteiger partial charge < -0.3 is 0 Å². The molecule has 0 saturated heterocycles. The number of benzene rings is 4. The van der Waals surface area contributed by atoms with E-state index in [0.29, 0.717) is 0 Å². The molecule has 0 spiro atoms. The van der Waals surface area contributed by atoms with Gasteiger partial charge in [-0.3, -0.25) is 0 Å². The van der Waals surface area contributed by atoms with Gasteiger partial charge in [0.1, 0.15) is 0 Å². The Bertz CT molecular complexity index is 1370. The van der Waals surface area contributed by atoms with Crippen molar-refractivity contribution in [2.75, 3.05) is 0 Å². The largest absolute Gasteiger partial charge is 0.135 e. The van der Waals surface area contributed by atoms with E-state index >= 15 is 0 Å². The van der Waals surface area contributed by atoms with E-state index in [1.54, 1.807) is 0 Å². The molecule has 1 aromatic heterocycles. The second kappa shape index (κ2) is 10.6. The Morgan fingerprint density at radius 3 is 1.22 bits per heavy atom. The van der Waals surface area contributed by atoms with Crippen molar-refractivity contribution in [1.82, 2.24) is 0 Å². The lowest BCUT2D eigenvalue weighted by molar-refractivity contribution is 0.785. The van der Waals surface area contributed by atoms with Crippen molar-refractivity contribution in [3.63, 3.8) is 0 Å². The van der Waals surface area contributed by atoms with Crippen LogP contribution in [0.25, 0.3) is 20.2 Å². The lowest BCUT2D eigenvalue weighted by Crippen LogP contribution is -2.20. The molecule has 3 heteroatoms. The van der Waals surface area contributed by atoms with E-state index in [1.807, 2.05) is 11.3 Å². The van der Waals surface area contributed by atoms with Gasteiger partial charge >= 0.3 is 0 Å². The Balaban J connectivity index is 1.59. The van der Waals surface area contributed by atoms with Gasteiger partial charge in [-0.2, -0.15) is 0 Å². The summed E-state index contributed by atoms with van der Waals surface area (Å²) in [6, 6.07) is 36.4. The maximum atomic E-state index is 2.41. The number of rotatable bonds is 6. The molecule has 0 N–H and O–H groups in total. The molecule has 0 fully saturated rings. The molecule has 5 rings (SSSR count). The zero-order valence-electron chi connectivity index (χ0n) is 23.0. The first-order valence-electron chi connectivity index (χ1n) is 13.2. The SMILES string of the molecule is CC(C)(C)[P@@](Cc1cccc2c1sc1c(C[P@@](c3ccccc3)C(C)(C)C)cccc12)c1ccccc1. The number of hydrogen-bond donors (Lipinski definition) is 0. The number of fused-ring (bicyclic) bond motifs is 3. The van der Waals surface area contributed by atoms with E-state index in [-0.39, 0.29) is 26.2 Å². The fourth-order valence-corrected chi connectivity index (χ4v) is 11.8. The van der Waals surface area contributed by atoms with E-state index in [4.69, 9.17) is 0 Å². The van der Waals surface area contributed by atoms with E-state index < -0.39 is 0 Å². The fraction of sp³-hybridized carbons (Fsp3) is 0.294. The molecule has 0 nitrogen and oxygen atoms in total. The van der Waals surface area contributed by atoms with Crippen LogP contribution in [0.1, 0.15) is 52.7 Å². The average molecular weight is 541 g/mol. The Hall–Kier alpha value is -2.04. The van der Waals surface area contributed by atoms with Crippen molar-refractivity contribution >= 4 is 58.0 Å². The molecule has 1 heterocycles. The van der Waals surface area contributed by atoms with Gasteiger partial charge in [0.15, 0.2) is 0 Å². The third-order valence-corrected chi connectivity index (χ3v) is 14.9. The van der Waals surface area contributed by atoms with Gasteiger partial charge in [-0.25, -0.2) is 0 Å². The smallest absolute Gasteiger partial charge is 0.0391 e. The van der Waals surface area contributed by atoms with Gasteiger partial charge in [0.05, 0.1) is 0 Å². The molecule has 0 saturated carbocycles. The molecule has 5 aromatic rings. The van der Waals surface area contributed by atoms with Crippen molar-refractivity contribution in [2.24, 2.45) is 0 Å². The highest BCUT2D eigenvalue weighted by Gasteiger charge is 2.28. The lowest BCUT2D eigenvalue weighted by Gasteiger charge is -2.32. The van der Waals surface area contributed by atoms with Crippen LogP contribution in [0.15, 0.2) is 97.1 Å². The molecule has 190 valence electrons. The first-order chi connectivity index (χ1) is 17.6. The van der Waals surface area contributed by atoms with Crippen LogP contribution in [0, 0.1) is 0 Å². The summed E-state index contributed by atoms with van der Waals surface area (Å²) in [7, 11) is -0.666. The van der Waals surface area contributed by atoms with Gasteiger partial charge in [0.25, 0.3) is 0 Å². The van der Waals surface area contributed by atoms with E-state index in [2.05, 4.69) is 139 Å². The topological polar surface area (TPSA) is 0 Å². The maximum Gasteiger partial charge on any atom is 0.0391 e. The van der Waals surface area contributed by atoms with Crippen molar-refractivity contribution in [3.8, 4) is 0 Å². The van der Waals surface area contributed by atoms with Gasteiger partial charge in [-0.15, -0.1) is 11.3 Å². The summed E-state index contributed by atoms with van der Waals surface area (Å²) in [5, 5.41) is 6.36. The maximum absolute atomic E-state index is 2.41. The first-order valence-corrected chi connectivity index (χ1v) is 17.1. The van der Waals surface area contributed by atoms with E-state index in [9.17, 15) is 0 Å². The van der Waals surface area contributed by atoms with Crippen LogP contribution >= 0.6 is 27.2 Å². The average Bonchev–Trinajstić information content (AvgIpc) is 3.26. The summed E-state index contributed by atoms with van der Waals surface area (Å²) in [6.45, 7) is 14.5. The van der Waals surface area contributed by atoms with Crippen LogP contribution in [-0.4, -0.2) is 10.3 Å². The Kier molecular flexibility index (Phi) is 7.62. The van der Waals surface area contributed by atoms with Crippen LogP contribution in [0.4, 0.5) is 0 Å². The summed E-state index contributed by atoms with van der Waals surface area (Å²) in [5.41, 5.74) is 3.02. The van der Waals surface area contributed by atoms with Gasteiger partial charge in [-0.05, 0) is 44.4 Å². The highest BCUT2D eigenvalue weighted by atomic mass is 32.1. The summed E-state index contributed by atoms with van der Waals surface area (Å²) < 4.78 is 2.97. The second-order valence-corrected chi connectivity index (χ2v) is 19.0. The summed E-state index contributed by atoms with van der Waals surface area (Å²) in [4.78, 5) is 0. The Morgan fingerprint density at radius 1 is 0.486 bits per heavy atom. The van der Waals surface area contributed by atoms with Crippen LogP contribution in [0.2, 0.25) is 0 Å². The molecule has 4 aromatic carbocycles. The van der Waals surface area contributed by atoms with Crippen molar-refractivity contribution in [2.45, 2.75) is 64.2 Å². The molecular formula is C34H38P2S. The quantitative estimate of drug-likeness (QED) is 0.188. The van der Waals surface area contributed by atoms with Crippen molar-refractivity contribution < 1.29 is 0 Å². The zero-order valence-corrected chi connectivity index (χ0v) is 25.6. The Morgan fingerprint density at radius 2 is 0.865 bits per heavy atom. The minimum absolute atomic E-state index is 0.249. The lowest BCUT2D eigenvalue weighted by atomic mass is 10.1. The minimum Gasteiger partial charge on any atom is -0.135 e. The third kappa shape index (κ3) is 5.71. The monoisotopic (exact) mass is 540 g/mol. The predicted octanol–water partition coefficient (Wildman–Crippen LogP) is 10.3. The van der Waals surface area contributed by atoms with Gasteiger partial charge in [0, 0.05) is 20.2 Å². The summed E-state index contributed by atoms with van der Waals surface area (Å²) in [5.74, 6) is 0. The van der Waals surface area contributed by atoms with Crippen LogP contribution in [0.3, 0.4) is 0 Å². The zero-order chi connectivity index (χ0) is 26.2.